The van der Waals surface area contributed by atoms with Gasteiger partial charge in [-0.2, -0.15) is 0 Å². The molecule has 2 heterocycles. The van der Waals surface area contributed by atoms with Crippen molar-refractivity contribution in [2.24, 2.45) is 5.92 Å². The lowest BCUT2D eigenvalue weighted by Crippen LogP contribution is -2.44. The van der Waals surface area contributed by atoms with Gasteiger partial charge >= 0.3 is 0 Å². The summed E-state index contributed by atoms with van der Waals surface area (Å²) < 4.78 is 13.2. The largest absolute Gasteiger partial charge is 0.335 e. The van der Waals surface area contributed by atoms with Crippen molar-refractivity contribution in [3.63, 3.8) is 0 Å². The van der Waals surface area contributed by atoms with Crippen molar-refractivity contribution < 1.29 is 14.0 Å². The van der Waals surface area contributed by atoms with E-state index in [4.69, 9.17) is 12.2 Å². The maximum Gasteiger partial charge on any atom is 0.256 e. The lowest BCUT2D eigenvalue weighted by atomic mass is 9.99. The summed E-state index contributed by atoms with van der Waals surface area (Å²) in [6.07, 6.45) is 2.31. The number of hydrogen-bond acceptors (Lipinski definition) is 4. The summed E-state index contributed by atoms with van der Waals surface area (Å²) in [5.74, 6) is -0.141. The van der Waals surface area contributed by atoms with E-state index < -0.39 is 6.04 Å². The van der Waals surface area contributed by atoms with Gasteiger partial charge in [-0.3, -0.25) is 14.5 Å². The summed E-state index contributed by atoms with van der Waals surface area (Å²) in [4.78, 5) is 32.2. The molecule has 2 amide bonds. The Morgan fingerprint density at radius 3 is 2.35 bits per heavy atom. The fourth-order valence-corrected chi connectivity index (χ4v) is 4.89. The van der Waals surface area contributed by atoms with E-state index in [0.717, 1.165) is 31.1 Å². The quantitative estimate of drug-likeness (QED) is 0.600. The maximum atomic E-state index is 13.5. The van der Waals surface area contributed by atoms with Crippen molar-refractivity contribution in [1.29, 1.82) is 0 Å². The molecule has 2 aliphatic heterocycles. The zero-order valence-electron chi connectivity index (χ0n) is 19.7. The lowest BCUT2D eigenvalue weighted by molar-refractivity contribution is -0.124. The number of likely N-dealkylation sites (tertiary alicyclic amines) is 1. The van der Waals surface area contributed by atoms with E-state index in [2.05, 4.69) is 17.1 Å². The second-order valence-electron chi connectivity index (χ2n) is 9.28. The molecule has 34 heavy (non-hydrogen) atoms. The molecule has 180 valence electrons. The van der Waals surface area contributed by atoms with E-state index in [0.29, 0.717) is 23.0 Å². The van der Waals surface area contributed by atoms with E-state index >= 15 is 0 Å². The number of hydrogen-bond donors (Lipinski definition) is 1. The van der Waals surface area contributed by atoms with E-state index in [9.17, 15) is 14.0 Å². The fourth-order valence-electron chi connectivity index (χ4n) is 4.47. The molecule has 2 aromatic rings. The van der Waals surface area contributed by atoms with Crippen LogP contribution in [0.3, 0.4) is 0 Å². The first kappa shape index (κ1) is 24.3. The summed E-state index contributed by atoms with van der Waals surface area (Å²) in [5.41, 5.74) is 2.29. The molecule has 2 aromatic carbocycles. The van der Waals surface area contributed by atoms with Gasteiger partial charge in [0, 0.05) is 18.8 Å². The van der Waals surface area contributed by atoms with E-state index in [1.165, 1.54) is 37.1 Å². The molecule has 1 unspecified atom stereocenters. The molecule has 0 aliphatic carbocycles. The number of nitrogens with zero attached hydrogens (tertiary/aromatic N) is 3. The smallest absolute Gasteiger partial charge is 0.256 e. The highest BCUT2D eigenvalue weighted by Gasteiger charge is 2.44. The number of thiocarbonyl (C=S) groups is 1. The minimum atomic E-state index is -0.682. The average molecular weight is 483 g/mol. The zero-order chi connectivity index (χ0) is 24.2. The molecule has 2 fully saturated rings. The summed E-state index contributed by atoms with van der Waals surface area (Å²) in [6.45, 7) is 7.71. The van der Waals surface area contributed by atoms with Gasteiger partial charge in [0.25, 0.3) is 5.91 Å². The minimum absolute atomic E-state index is 0.0320. The van der Waals surface area contributed by atoms with Crippen molar-refractivity contribution in [3.05, 3.63) is 59.9 Å². The van der Waals surface area contributed by atoms with Crippen LogP contribution in [-0.2, 0) is 9.59 Å². The number of halogens is 1. The Labute approximate surface area is 205 Å². The molecule has 0 bridgehead atoms. The number of rotatable bonds is 7. The first-order valence-corrected chi connectivity index (χ1v) is 12.2. The van der Waals surface area contributed by atoms with Crippen molar-refractivity contribution in [2.45, 2.75) is 39.2 Å². The third-order valence-electron chi connectivity index (χ3n) is 6.65. The second-order valence-corrected chi connectivity index (χ2v) is 9.65. The Kier molecular flexibility index (Phi) is 7.58. The Bertz CT molecular complexity index is 1040. The zero-order valence-corrected chi connectivity index (χ0v) is 20.5. The molecule has 0 aromatic heterocycles. The van der Waals surface area contributed by atoms with Crippen LogP contribution in [0.1, 0.15) is 31.7 Å². The van der Waals surface area contributed by atoms with Crippen LogP contribution in [0.2, 0.25) is 0 Å². The van der Waals surface area contributed by atoms with Gasteiger partial charge in [0.1, 0.15) is 11.9 Å². The Morgan fingerprint density at radius 1 is 1.06 bits per heavy atom. The summed E-state index contributed by atoms with van der Waals surface area (Å²) in [5, 5.41) is 3.20. The van der Waals surface area contributed by atoms with Crippen molar-refractivity contribution in [2.75, 3.05) is 36.4 Å². The molecule has 8 heteroatoms. The number of nitrogens with one attached hydrogen (secondary N) is 1. The Hall–Kier alpha value is -2.84. The number of piperidine rings is 1. The predicted octanol–water partition coefficient (Wildman–Crippen LogP) is 4.20. The first-order chi connectivity index (χ1) is 16.3. The highest BCUT2D eigenvalue weighted by molar-refractivity contribution is 7.80. The average Bonchev–Trinajstić information content (AvgIpc) is 3.04. The van der Waals surface area contributed by atoms with Crippen LogP contribution >= 0.6 is 12.2 Å². The van der Waals surface area contributed by atoms with Gasteiger partial charge in [-0.05, 0) is 87.4 Å². The second kappa shape index (κ2) is 10.6. The van der Waals surface area contributed by atoms with Gasteiger partial charge in [-0.15, -0.1) is 0 Å². The van der Waals surface area contributed by atoms with Crippen LogP contribution in [0.5, 0.6) is 0 Å². The molecular weight excluding hydrogens is 451 g/mol. The number of amides is 2. The van der Waals surface area contributed by atoms with E-state index in [-0.39, 0.29) is 24.1 Å². The third-order valence-corrected chi connectivity index (χ3v) is 7.07. The third kappa shape index (κ3) is 5.62. The van der Waals surface area contributed by atoms with Crippen LogP contribution in [0.25, 0.3) is 0 Å². The van der Waals surface area contributed by atoms with Crippen molar-refractivity contribution in [3.8, 4) is 0 Å². The first-order valence-electron chi connectivity index (χ1n) is 11.8. The van der Waals surface area contributed by atoms with Crippen LogP contribution < -0.4 is 10.2 Å². The highest BCUT2D eigenvalue weighted by Crippen LogP contribution is 2.28. The SMILES string of the molecule is Cc1ccc(N2C(=O)C(CC(=O)Nc3ccc(F)cc3)N(CCN3CCC(C)CC3)C2=S)cc1. The van der Waals surface area contributed by atoms with Crippen LogP contribution in [-0.4, -0.2) is 58.9 Å². The van der Waals surface area contributed by atoms with Gasteiger partial charge in [0.2, 0.25) is 5.91 Å². The van der Waals surface area contributed by atoms with E-state index in [1.54, 1.807) is 4.90 Å². The number of anilines is 2. The molecule has 0 saturated carbocycles. The molecule has 6 nitrogen and oxygen atoms in total. The molecule has 2 saturated heterocycles. The summed E-state index contributed by atoms with van der Waals surface area (Å²) in [6, 6.07) is 12.5. The van der Waals surface area contributed by atoms with Gasteiger partial charge in [-0.25, -0.2) is 4.39 Å². The summed E-state index contributed by atoms with van der Waals surface area (Å²) in [7, 11) is 0. The van der Waals surface area contributed by atoms with Crippen molar-refractivity contribution in [1.82, 2.24) is 9.80 Å². The topological polar surface area (TPSA) is 55.9 Å². The molecular formula is C26H31FN4O2S. The van der Waals surface area contributed by atoms with Gasteiger partial charge in [-0.1, -0.05) is 24.6 Å². The molecule has 0 radical (unpaired) electrons. The van der Waals surface area contributed by atoms with Gasteiger partial charge in [0.15, 0.2) is 5.11 Å². The van der Waals surface area contributed by atoms with Crippen LogP contribution in [0.15, 0.2) is 48.5 Å². The molecule has 1 atom stereocenters. The van der Waals surface area contributed by atoms with Crippen molar-refractivity contribution >= 4 is 40.5 Å². The lowest BCUT2D eigenvalue weighted by Gasteiger charge is -2.32. The highest BCUT2D eigenvalue weighted by atomic mass is 32.1. The van der Waals surface area contributed by atoms with E-state index in [1.807, 2.05) is 36.1 Å². The minimum Gasteiger partial charge on any atom is -0.335 e. The number of benzene rings is 2. The molecule has 0 spiro atoms. The standard InChI is InChI=1S/C26H31FN4O2S/c1-18-3-9-22(10-4-18)31-25(33)23(17-24(32)28-21-7-5-20(27)6-8-21)30(26(31)34)16-15-29-13-11-19(2)12-14-29/h3-10,19,23H,11-17H2,1-2H3,(H,28,32). The van der Waals surface area contributed by atoms with Gasteiger partial charge < -0.3 is 15.1 Å². The normalized spacial score (nSPS) is 19.7. The predicted molar refractivity (Wildman–Crippen MR) is 136 cm³/mol. The molecule has 1 N–H and O–H groups in total. The Balaban J connectivity index is 1.50. The van der Waals surface area contributed by atoms with Crippen LogP contribution in [0.4, 0.5) is 15.8 Å². The number of carbonyl (C=O) groups is 2. The Morgan fingerprint density at radius 2 is 1.71 bits per heavy atom. The number of aryl methyl sites for hydroxylation is 1. The monoisotopic (exact) mass is 482 g/mol. The number of carbonyl (C=O) groups excluding carboxylic acids is 2. The molecule has 2 aliphatic rings. The fraction of sp³-hybridized carbons (Fsp3) is 0.423. The molecule has 4 rings (SSSR count). The maximum absolute atomic E-state index is 13.5. The summed E-state index contributed by atoms with van der Waals surface area (Å²) >= 11 is 5.75. The van der Waals surface area contributed by atoms with Gasteiger partial charge in [0.05, 0.1) is 12.1 Å². The van der Waals surface area contributed by atoms with Crippen LogP contribution in [0, 0.1) is 18.7 Å².